The molecule has 1 spiro atoms. The van der Waals surface area contributed by atoms with E-state index in [0.29, 0.717) is 24.9 Å². The Hall–Kier alpha value is -4.26. The second kappa shape index (κ2) is 15.6. The third-order valence-corrected chi connectivity index (χ3v) is 15.5. The summed E-state index contributed by atoms with van der Waals surface area (Å²) in [5, 5.41) is 5.01. The molecule has 56 heavy (non-hydrogen) atoms. The van der Waals surface area contributed by atoms with Crippen LogP contribution in [0, 0.1) is 0 Å². The fourth-order valence-corrected chi connectivity index (χ4v) is 12.1. The Kier molecular flexibility index (Phi) is 10.7. The number of aromatic nitrogens is 1. The predicted molar refractivity (Wildman–Crippen MR) is 208 cm³/mol. The number of rotatable bonds is 11. The molecule has 0 radical (unpaired) electrons. The Labute approximate surface area is 330 Å². The average Bonchev–Trinajstić information content (AvgIpc) is 3.52. The van der Waals surface area contributed by atoms with Crippen molar-refractivity contribution in [2.75, 3.05) is 13.7 Å². The number of likely N-dealkylation sites (tertiary alicyclic amines) is 1. The standard InChI is InChI=1S/C41H47FN5O7PS/c1-25(40(51)53-2)45-55(52,54-31-10-4-3-5-11-31)36(42)26-13-16-34-28(20-26)21-35(56-34)37(48)44-32-12-6-9-30-14-15-33(47(30)38(32)49)39(50)46-24-29(22-41(46)17-18-41)27-8-7-19-43-23-27/h3-5,7-8,10-11,13,16,19-20,23,25,29-30,32-33,35-36H,6,9,12,14-15,17-18,21-22,24H2,1-2H3,(H,44,48)(H,45,52)/t25-,29-,30-,32-,33-,35?,36+,55?/m0/s1. The Morgan fingerprint density at radius 2 is 1.86 bits per heavy atom. The first-order chi connectivity index (χ1) is 27.0. The number of benzene rings is 2. The van der Waals surface area contributed by atoms with Crippen LogP contribution in [0.4, 0.5) is 4.39 Å². The largest absolute Gasteiger partial charge is 0.468 e. The quantitative estimate of drug-likeness (QED) is 0.173. The van der Waals surface area contributed by atoms with E-state index in [9.17, 15) is 23.7 Å². The monoisotopic (exact) mass is 803 g/mol. The van der Waals surface area contributed by atoms with E-state index in [1.54, 1.807) is 53.6 Å². The highest BCUT2D eigenvalue weighted by atomic mass is 32.2. The molecule has 1 aliphatic carbocycles. The summed E-state index contributed by atoms with van der Waals surface area (Å²) in [7, 11) is -3.21. The van der Waals surface area contributed by atoms with E-state index in [-0.39, 0.29) is 53.0 Å². The summed E-state index contributed by atoms with van der Waals surface area (Å²) in [6.45, 7) is 2.04. The lowest BCUT2D eigenvalue weighted by atomic mass is 9.97. The molecule has 2 aromatic carbocycles. The number of methoxy groups -OCH3 is 1. The van der Waals surface area contributed by atoms with E-state index in [1.807, 2.05) is 12.3 Å². The van der Waals surface area contributed by atoms with Crippen molar-refractivity contribution in [1.82, 2.24) is 25.2 Å². The van der Waals surface area contributed by atoms with Crippen LogP contribution in [-0.2, 0) is 34.9 Å². The fourth-order valence-electron chi connectivity index (χ4n) is 9.05. The fraction of sp³-hybridized carbons (Fsp3) is 0.488. The molecule has 8 rings (SSSR count). The van der Waals surface area contributed by atoms with Crippen LogP contribution >= 0.6 is 19.3 Å². The summed E-state index contributed by atoms with van der Waals surface area (Å²) < 4.78 is 41.0. The van der Waals surface area contributed by atoms with Crippen molar-refractivity contribution in [2.24, 2.45) is 0 Å². The number of nitrogens with zero attached hydrogens (tertiary/aromatic N) is 3. The van der Waals surface area contributed by atoms with Gasteiger partial charge in [0, 0.05) is 41.3 Å². The molecule has 8 atom stereocenters. The molecule has 15 heteroatoms. The SMILES string of the molecule is COC(=O)[C@H](C)NP(=O)(Oc1ccccc1)[C@@H](F)c1ccc2c(c1)CC(C(=O)N[C@H]1CCC[C@H]3CC[C@@H](C(=O)N4C[C@@H](c5cccnc5)CC45CC5)N3C1=O)S2. The number of pyridine rings is 1. The topological polar surface area (TPSA) is 147 Å². The summed E-state index contributed by atoms with van der Waals surface area (Å²) in [6, 6.07) is 14.5. The minimum Gasteiger partial charge on any atom is -0.468 e. The maximum absolute atomic E-state index is 16.4. The van der Waals surface area contributed by atoms with Crippen LogP contribution in [0.15, 0.2) is 78.0 Å². The summed E-state index contributed by atoms with van der Waals surface area (Å²) >= 11 is 1.33. The molecule has 5 aliphatic rings. The molecule has 2 N–H and O–H groups in total. The Balaban J connectivity index is 0.936. The normalized spacial score (nSPS) is 27.1. The summed E-state index contributed by atoms with van der Waals surface area (Å²) in [4.78, 5) is 63.6. The number of carbonyl (C=O) groups excluding carboxylic acids is 4. The number of hydrogen-bond acceptors (Lipinski definition) is 9. The van der Waals surface area contributed by atoms with Crippen molar-refractivity contribution >= 4 is 43.0 Å². The molecule has 5 heterocycles. The van der Waals surface area contributed by atoms with Crippen molar-refractivity contribution in [3.8, 4) is 5.75 Å². The highest BCUT2D eigenvalue weighted by molar-refractivity contribution is 8.01. The lowest BCUT2D eigenvalue weighted by molar-refractivity contribution is -0.147. The maximum atomic E-state index is 16.4. The second-order valence-electron chi connectivity index (χ2n) is 15.7. The molecule has 4 aliphatic heterocycles. The number of carbonyl (C=O) groups is 4. The van der Waals surface area contributed by atoms with Gasteiger partial charge in [0.05, 0.1) is 12.4 Å². The summed E-state index contributed by atoms with van der Waals surface area (Å²) in [5.74, 6) is -2.97. The number of ether oxygens (including phenoxy) is 1. The van der Waals surface area contributed by atoms with Gasteiger partial charge < -0.3 is 24.4 Å². The zero-order chi connectivity index (χ0) is 39.2. The number of fused-ring (bicyclic) bond motifs is 2. The molecular formula is C41H47FN5O7PS. The van der Waals surface area contributed by atoms with E-state index in [0.717, 1.165) is 49.0 Å². The van der Waals surface area contributed by atoms with Gasteiger partial charge in [-0.25, -0.2) is 9.48 Å². The van der Waals surface area contributed by atoms with Crippen molar-refractivity contribution in [1.29, 1.82) is 0 Å². The summed E-state index contributed by atoms with van der Waals surface area (Å²) in [5.41, 5.74) is 1.77. The van der Waals surface area contributed by atoms with Gasteiger partial charge in [-0.2, -0.15) is 0 Å². The third-order valence-electron chi connectivity index (χ3n) is 12.1. The van der Waals surface area contributed by atoms with Crippen LogP contribution in [0.1, 0.15) is 86.8 Å². The number of amides is 3. The smallest absolute Gasteiger partial charge is 0.355 e. The molecule has 0 bridgehead atoms. The summed E-state index contributed by atoms with van der Waals surface area (Å²) in [6.07, 6.45) is 10.2. The number of alkyl halides is 1. The molecule has 12 nitrogen and oxygen atoms in total. The van der Waals surface area contributed by atoms with Crippen LogP contribution in [-0.4, -0.2) is 87.1 Å². The van der Waals surface area contributed by atoms with Gasteiger partial charge in [-0.1, -0.05) is 36.4 Å². The van der Waals surface area contributed by atoms with E-state index in [2.05, 4.69) is 26.4 Å². The molecule has 3 aromatic rings. The minimum atomic E-state index is -4.40. The van der Waals surface area contributed by atoms with E-state index < -0.39 is 42.8 Å². The molecule has 296 valence electrons. The number of nitrogens with one attached hydrogen (secondary N) is 2. The highest BCUT2D eigenvalue weighted by Gasteiger charge is 2.58. The van der Waals surface area contributed by atoms with Crippen molar-refractivity contribution in [3.05, 3.63) is 89.7 Å². The van der Waals surface area contributed by atoms with Crippen LogP contribution in [0.5, 0.6) is 5.75 Å². The lowest BCUT2D eigenvalue weighted by Crippen LogP contribution is -2.56. The van der Waals surface area contributed by atoms with Crippen molar-refractivity contribution < 1.29 is 37.4 Å². The van der Waals surface area contributed by atoms with E-state index in [1.165, 1.54) is 31.9 Å². The zero-order valence-corrected chi connectivity index (χ0v) is 33.2. The number of hydrogen-bond donors (Lipinski definition) is 2. The first kappa shape index (κ1) is 38.6. The maximum Gasteiger partial charge on any atom is 0.355 e. The van der Waals surface area contributed by atoms with Gasteiger partial charge in [0.15, 0.2) is 0 Å². The van der Waals surface area contributed by atoms with Crippen molar-refractivity contribution in [2.45, 2.75) is 116 Å². The van der Waals surface area contributed by atoms with Crippen molar-refractivity contribution in [3.63, 3.8) is 0 Å². The molecule has 1 aromatic heterocycles. The molecule has 3 saturated heterocycles. The Bertz CT molecular complexity index is 2040. The highest BCUT2D eigenvalue weighted by Crippen LogP contribution is 2.58. The van der Waals surface area contributed by atoms with Gasteiger partial charge in [0.1, 0.15) is 23.9 Å². The Morgan fingerprint density at radius 1 is 1.05 bits per heavy atom. The first-order valence-corrected chi connectivity index (χ1v) is 22.0. The van der Waals surface area contributed by atoms with Gasteiger partial charge in [-0.15, -0.1) is 11.8 Å². The second-order valence-corrected chi connectivity index (χ2v) is 19.1. The van der Waals surface area contributed by atoms with Crippen LogP contribution in [0.25, 0.3) is 0 Å². The third kappa shape index (κ3) is 7.47. The Morgan fingerprint density at radius 3 is 2.59 bits per heavy atom. The number of halogens is 1. The zero-order valence-electron chi connectivity index (χ0n) is 31.5. The average molecular weight is 804 g/mol. The van der Waals surface area contributed by atoms with Crippen LogP contribution in [0.3, 0.4) is 0 Å². The van der Waals surface area contributed by atoms with E-state index >= 15 is 4.39 Å². The van der Waals surface area contributed by atoms with E-state index in [4.69, 9.17) is 9.26 Å². The van der Waals surface area contributed by atoms with Gasteiger partial charge in [0.2, 0.25) is 23.6 Å². The molecule has 4 fully saturated rings. The van der Waals surface area contributed by atoms with Crippen LogP contribution in [0.2, 0.25) is 0 Å². The number of thioether (sulfide) groups is 1. The molecule has 1 saturated carbocycles. The predicted octanol–water partition coefficient (Wildman–Crippen LogP) is 6.07. The lowest BCUT2D eigenvalue weighted by Gasteiger charge is -2.35. The van der Waals surface area contributed by atoms with Gasteiger partial charge >= 0.3 is 13.5 Å². The minimum absolute atomic E-state index is 0.0224. The number of para-hydroxylation sites is 1. The van der Waals surface area contributed by atoms with Gasteiger partial charge in [0.25, 0.3) is 0 Å². The molecule has 3 amide bonds. The molecular weight excluding hydrogens is 757 g/mol. The first-order valence-electron chi connectivity index (χ1n) is 19.5. The van der Waals surface area contributed by atoms with Crippen LogP contribution < -0.4 is 14.9 Å². The van der Waals surface area contributed by atoms with Gasteiger partial charge in [-0.3, -0.25) is 28.7 Å². The molecule has 2 unspecified atom stereocenters. The van der Waals surface area contributed by atoms with Gasteiger partial charge in [-0.05, 0) is 106 Å². The number of esters is 1.